The Balaban J connectivity index is 1.85. The molecule has 0 unspecified atom stereocenters. The van der Waals surface area contributed by atoms with Crippen LogP contribution in [0.5, 0.6) is 0 Å². The lowest BCUT2D eigenvalue weighted by atomic mass is 10.2. The number of halogens is 1. The third-order valence-electron chi connectivity index (χ3n) is 2.38. The summed E-state index contributed by atoms with van der Waals surface area (Å²) in [4.78, 5) is 16.0. The molecule has 1 N–H and O–H groups in total. The second kappa shape index (κ2) is 5.98. The average Bonchev–Trinajstić information content (AvgIpc) is 2.73. The number of hydrogen-bond donors (Lipinski definition) is 1. The van der Waals surface area contributed by atoms with E-state index in [0.29, 0.717) is 17.9 Å². The predicted molar refractivity (Wildman–Crippen MR) is 75.3 cm³/mol. The third kappa shape index (κ3) is 3.82. The number of nitrogens with one attached hydrogen (secondary N) is 1. The van der Waals surface area contributed by atoms with E-state index in [2.05, 4.69) is 10.3 Å². The van der Waals surface area contributed by atoms with Gasteiger partial charge >= 0.3 is 0 Å². The van der Waals surface area contributed by atoms with Crippen molar-refractivity contribution in [2.24, 2.45) is 0 Å². The first-order valence-electron chi connectivity index (χ1n) is 5.60. The smallest absolute Gasteiger partial charge is 0.224 e. The number of benzene rings is 1. The van der Waals surface area contributed by atoms with E-state index in [9.17, 15) is 4.79 Å². The fourth-order valence-corrected chi connectivity index (χ4v) is 2.39. The molecule has 0 bridgehead atoms. The number of anilines is 1. The molecule has 0 spiro atoms. The Bertz CT molecular complexity index is 553. The topological polar surface area (TPSA) is 42.0 Å². The number of nitrogens with zero attached hydrogens (tertiary/aromatic N) is 1. The Kier molecular flexibility index (Phi) is 4.33. The van der Waals surface area contributed by atoms with E-state index >= 15 is 0 Å². The van der Waals surface area contributed by atoms with Gasteiger partial charge in [0, 0.05) is 22.5 Å². The lowest BCUT2D eigenvalue weighted by Gasteiger charge is -2.04. The zero-order valence-electron chi connectivity index (χ0n) is 9.94. The number of aryl methyl sites for hydroxylation is 2. The number of hydrogen-bond acceptors (Lipinski definition) is 3. The average molecular weight is 281 g/mol. The second-order valence-electron chi connectivity index (χ2n) is 3.92. The lowest BCUT2D eigenvalue weighted by molar-refractivity contribution is -0.116. The molecule has 1 heterocycles. The number of thiazole rings is 1. The molecule has 2 aromatic rings. The van der Waals surface area contributed by atoms with Crippen molar-refractivity contribution in [3.8, 4) is 0 Å². The zero-order chi connectivity index (χ0) is 13.0. The van der Waals surface area contributed by atoms with E-state index in [1.807, 2.05) is 24.4 Å². The van der Waals surface area contributed by atoms with Crippen LogP contribution in [-0.2, 0) is 11.2 Å². The van der Waals surface area contributed by atoms with Crippen molar-refractivity contribution in [1.82, 2.24) is 4.98 Å². The molecule has 0 aliphatic carbocycles. The molecule has 0 radical (unpaired) electrons. The molecule has 18 heavy (non-hydrogen) atoms. The predicted octanol–water partition coefficient (Wildman–Crippen LogP) is 3.68. The number of rotatable bonds is 4. The first-order chi connectivity index (χ1) is 8.63. The molecule has 0 saturated carbocycles. The Hall–Kier alpha value is -1.39. The van der Waals surface area contributed by atoms with Gasteiger partial charge in [-0.1, -0.05) is 17.7 Å². The van der Waals surface area contributed by atoms with Crippen LogP contribution in [0.3, 0.4) is 0 Å². The molecular formula is C13H13ClN2OS. The van der Waals surface area contributed by atoms with Crippen LogP contribution in [0.1, 0.15) is 17.1 Å². The summed E-state index contributed by atoms with van der Waals surface area (Å²) in [6, 6.07) is 7.13. The molecular weight excluding hydrogens is 268 g/mol. The molecule has 5 heteroatoms. The molecule has 0 aliphatic rings. The minimum Gasteiger partial charge on any atom is -0.326 e. The zero-order valence-corrected chi connectivity index (χ0v) is 11.5. The highest BCUT2D eigenvalue weighted by Crippen LogP contribution is 2.15. The largest absolute Gasteiger partial charge is 0.326 e. The van der Waals surface area contributed by atoms with Crippen LogP contribution >= 0.6 is 22.9 Å². The van der Waals surface area contributed by atoms with Crippen LogP contribution in [0.25, 0.3) is 0 Å². The van der Waals surface area contributed by atoms with Gasteiger partial charge in [0.25, 0.3) is 0 Å². The van der Waals surface area contributed by atoms with Gasteiger partial charge in [-0.05, 0) is 31.5 Å². The number of carbonyl (C=O) groups excluding carboxylic acids is 1. The lowest BCUT2D eigenvalue weighted by Crippen LogP contribution is -2.12. The SMILES string of the molecule is Cc1nc(CCC(=O)Nc2cccc(Cl)c2)cs1. The van der Waals surface area contributed by atoms with Crippen LogP contribution < -0.4 is 5.32 Å². The molecule has 2 rings (SSSR count). The Morgan fingerprint density at radius 2 is 2.33 bits per heavy atom. The van der Waals surface area contributed by atoms with Crippen LogP contribution in [0.15, 0.2) is 29.6 Å². The van der Waals surface area contributed by atoms with Crippen molar-refractivity contribution >= 4 is 34.5 Å². The maximum atomic E-state index is 11.7. The summed E-state index contributed by atoms with van der Waals surface area (Å²) in [5.41, 5.74) is 1.70. The molecule has 0 aliphatic heterocycles. The quantitative estimate of drug-likeness (QED) is 0.928. The monoisotopic (exact) mass is 280 g/mol. The van der Waals surface area contributed by atoms with Crippen molar-refractivity contribution in [2.45, 2.75) is 19.8 Å². The van der Waals surface area contributed by atoms with E-state index in [-0.39, 0.29) is 5.91 Å². The number of carbonyl (C=O) groups is 1. The van der Waals surface area contributed by atoms with E-state index in [4.69, 9.17) is 11.6 Å². The van der Waals surface area contributed by atoms with E-state index in [1.165, 1.54) is 0 Å². The highest BCUT2D eigenvalue weighted by Gasteiger charge is 2.05. The Labute approximate surface area is 115 Å². The summed E-state index contributed by atoms with van der Waals surface area (Å²) in [5, 5.41) is 6.44. The summed E-state index contributed by atoms with van der Waals surface area (Å²) in [6.07, 6.45) is 1.09. The van der Waals surface area contributed by atoms with Gasteiger partial charge in [0.1, 0.15) is 0 Å². The Morgan fingerprint density at radius 3 is 3.00 bits per heavy atom. The first kappa shape index (κ1) is 13.1. The molecule has 0 fully saturated rings. The van der Waals surface area contributed by atoms with Crippen molar-refractivity contribution in [3.63, 3.8) is 0 Å². The van der Waals surface area contributed by atoms with Crippen molar-refractivity contribution < 1.29 is 4.79 Å². The second-order valence-corrected chi connectivity index (χ2v) is 5.42. The minimum atomic E-state index is -0.0251. The Morgan fingerprint density at radius 1 is 1.50 bits per heavy atom. The van der Waals surface area contributed by atoms with Crippen LogP contribution in [0.4, 0.5) is 5.69 Å². The van der Waals surface area contributed by atoms with Gasteiger partial charge in [0.15, 0.2) is 0 Å². The van der Waals surface area contributed by atoms with Gasteiger partial charge in [-0.25, -0.2) is 4.98 Å². The van der Waals surface area contributed by atoms with E-state index < -0.39 is 0 Å². The summed E-state index contributed by atoms with van der Waals surface area (Å²) >= 11 is 7.45. The van der Waals surface area contributed by atoms with Crippen LogP contribution in [-0.4, -0.2) is 10.9 Å². The molecule has 94 valence electrons. The summed E-state index contributed by atoms with van der Waals surface area (Å²) in [5.74, 6) is -0.0251. The van der Waals surface area contributed by atoms with Gasteiger partial charge < -0.3 is 5.32 Å². The number of aromatic nitrogens is 1. The standard InChI is InChI=1S/C13H13ClN2OS/c1-9-15-12(8-18-9)5-6-13(17)16-11-4-2-3-10(14)7-11/h2-4,7-8H,5-6H2,1H3,(H,16,17). The van der Waals surface area contributed by atoms with Crippen LogP contribution in [0.2, 0.25) is 5.02 Å². The molecule has 1 aromatic heterocycles. The molecule has 3 nitrogen and oxygen atoms in total. The van der Waals surface area contributed by atoms with Gasteiger partial charge in [-0.3, -0.25) is 4.79 Å². The fourth-order valence-electron chi connectivity index (χ4n) is 1.55. The van der Waals surface area contributed by atoms with Crippen LogP contribution in [0, 0.1) is 6.92 Å². The first-order valence-corrected chi connectivity index (χ1v) is 6.85. The summed E-state index contributed by atoms with van der Waals surface area (Å²) < 4.78 is 0. The van der Waals surface area contributed by atoms with Gasteiger partial charge in [0.2, 0.25) is 5.91 Å². The minimum absolute atomic E-state index is 0.0251. The number of amides is 1. The highest BCUT2D eigenvalue weighted by atomic mass is 35.5. The normalized spacial score (nSPS) is 10.3. The van der Waals surface area contributed by atoms with Gasteiger partial charge in [0.05, 0.1) is 10.7 Å². The molecule has 0 saturated heterocycles. The molecule has 1 aromatic carbocycles. The highest BCUT2D eigenvalue weighted by molar-refractivity contribution is 7.09. The maximum absolute atomic E-state index is 11.7. The summed E-state index contributed by atoms with van der Waals surface area (Å²) in [6.45, 7) is 1.96. The van der Waals surface area contributed by atoms with Crippen molar-refractivity contribution in [3.05, 3.63) is 45.4 Å². The van der Waals surface area contributed by atoms with Crippen molar-refractivity contribution in [1.29, 1.82) is 0 Å². The molecule has 0 atom stereocenters. The van der Waals surface area contributed by atoms with Gasteiger partial charge in [-0.2, -0.15) is 0 Å². The molecule has 1 amide bonds. The third-order valence-corrected chi connectivity index (χ3v) is 3.44. The van der Waals surface area contributed by atoms with E-state index in [0.717, 1.165) is 16.4 Å². The van der Waals surface area contributed by atoms with Gasteiger partial charge in [-0.15, -0.1) is 11.3 Å². The van der Waals surface area contributed by atoms with E-state index in [1.54, 1.807) is 23.5 Å². The van der Waals surface area contributed by atoms with Crippen molar-refractivity contribution in [2.75, 3.05) is 5.32 Å². The summed E-state index contributed by atoms with van der Waals surface area (Å²) in [7, 11) is 0. The fraction of sp³-hybridized carbons (Fsp3) is 0.231. The maximum Gasteiger partial charge on any atom is 0.224 e.